The van der Waals surface area contributed by atoms with E-state index < -0.39 is 4.92 Å². The van der Waals surface area contributed by atoms with Gasteiger partial charge in [0.1, 0.15) is 0 Å². The number of halogens is 2. The molecule has 0 aliphatic heterocycles. The van der Waals surface area contributed by atoms with Crippen molar-refractivity contribution in [1.29, 1.82) is 0 Å². The van der Waals surface area contributed by atoms with E-state index in [0.717, 1.165) is 0 Å². The van der Waals surface area contributed by atoms with Crippen LogP contribution in [0.5, 0.6) is 0 Å². The van der Waals surface area contributed by atoms with Gasteiger partial charge in [0.15, 0.2) is 4.60 Å². The van der Waals surface area contributed by atoms with Crippen molar-refractivity contribution in [3.63, 3.8) is 0 Å². The molecule has 1 heterocycles. The van der Waals surface area contributed by atoms with Gasteiger partial charge in [-0.15, -0.1) is 11.6 Å². The van der Waals surface area contributed by atoms with Gasteiger partial charge in [-0.1, -0.05) is 0 Å². The molecule has 0 aliphatic carbocycles. The minimum atomic E-state index is -0.521. The normalized spacial score (nSPS) is 10.7. The number of nitrogens with zero attached hydrogens (tertiary/aromatic N) is 3. The van der Waals surface area contributed by atoms with Crippen molar-refractivity contribution in [2.45, 2.75) is 13.5 Å². The van der Waals surface area contributed by atoms with Crippen LogP contribution in [0.3, 0.4) is 0 Å². The first kappa shape index (κ1) is 13.4. The maximum Gasteiger partial charge on any atom is 0.396 e. The lowest BCUT2D eigenvalue weighted by Gasteiger charge is -2.04. The van der Waals surface area contributed by atoms with E-state index in [2.05, 4.69) is 20.9 Å². The molecule has 8 heteroatoms. The molecule has 0 bridgehead atoms. The summed E-state index contributed by atoms with van der Waals surface area (Å²) in [5.41, 5.74) is 0. The molecular weight excluding hydrogens is 301 g/mol. The topological polar surface area (TPSA) is 70.2 Å². The predicted molar refractivity (Wildman–Crippen MR) is 62.9 cm³/mol. The van der Waals surface area contributed by atoms with Crippen LogP contribution in [0.2, 0.25) is 0 Å². The summed E-state index contributed by atoms with van der Waals surface area (Å²) in [6.45, 7) is 3.12. The Labute approximate surface area is 106 Å². The van der Waals surface area contributed by atoms with E-state index in [-0.39, 0.29) is 5.82 Å². The largest absolute Gasteiger partial charge is 0.396 e. The first-order valence-corrected chi connectivity index (χ1v) is 5.91. The lowest BCUT2D eigenvalue weighted by Crippen LogP contribution is -2.09. The molecule has 0 saturated carbocycles. The highest BCUT2D eigenvalue weighted by molar-refractivity contribution is 9.10. The Balaban J connectivity index is 2.69. The van der Waals surface area contributed by atoms with Gasteiger partial charge in [-0.3, -0.25) is 4.57 Å². The van der Waals surface area contributed by atoms with E-state index in [1.54, 1.807) is 11.5 Å². The molecule has 0 aliphatic rings. The fourth-order valence-electron chi connectivity index (χ4n) is 1.21. The van der Waals surface area contributed by atoms with Crippen molar-refractivity contribution in [3.8, 4) is 0 Å². The summed E-state index contributed by atoms with van der Waals surface area (Å²) in [6.07, 6.45) is 0. The molecule has 0 spiro atoms. The fraction of sp³-hybridized carbons (Fsp3) is 0.625. The summed E-state index contributed by atoms with van der Waals surface area (Å²) < 4.78 is 7.25. The number of hydrogen-bond acceptors (Lipinski definition) is 4. The maximum atomic E-state index is 10.6. The first-order chi connectivity index (χ1) is 7.57. The Morgan fingerprint density at radius 2 is 2.31 bits per heavy atom. The molecule has 0 radical (unpaired) electrons. The number of rotatable bonds is 6. The molecule has 0 aromatic carbocycles. The second-order valence-corrected chi connectivity index (χ2v) is 4.11. The minimum absolute atomic E-state index is 0.171. The standard InChI is InChI=1S/C8H11BrClN3O3/c1-6-11-8(13(14)15)7(9)12(6)3-5-16-4-2-10/h2-5H2,1H3. The average Bonchev–Trinajstić information content (AvgIpc) is 2.51. The van der Waals surface area contributed by atoms with Gasteiger partial charge >= 0.3 is 5.82 Å². The lowest BCUT2D eigenvalue weighted by atomic mass is 10.6. The van der Waals surface area contributed by atoms with Gasteiger partial charge in [-0.2, -0.15) is 0 Å². The fourth-order valence-corrected chi connectivity index (χ4v) is 1.99. The monoisotopic (exact) mass is 311 g/mol. The minimum Gasteiger partial charge on any atom is -0.378 e. The van der Waals surface area contributed by atoms with Gasteiger partial charge in [0.25, 0.3) is 0 Å². The molecule has 0 amide bonds. The molecule has 1 aromatic heterocycles. The summed E-state index contributed by atoms with van der Waals surface area (Å²) in [6, 6.07) is 0. The third-order valence-corrected chi connectivity index (χ3v) is 2.87. The highest BCUT2D eigenvalue weighted by Crippen LogP contribution is 2.24. The van der Waals surface area contributed by atoms with Crippen LogP contribution in [0.15, 0.2) is 4.60 Å². The quantitative estimate of drug-likeness (QED) is 0.349. The van der Waals surface area contributed by atoms with Gasteiger partial charge in [0.05, 0.1) is 19.8 Å². The number of imidazole rings is 1. The van der Waals surface area contributed by atoms with Gasteiger partial charge in [-0.25, -0.2) is 0 Å². The van der Waals surface area contributed by atoms with Gasteiger partial charge in [0.2, 0.25) is 5.82 Å². The van der Waals surface area contributed by atoms with E-state index in [1.165, 1.54) is 0 Å². The molecule has 0 N–H and O–H groups in total. The second kappa shape index (κ2) is 6.17. The maximum absolute atomic E-state index is 10.6. The average molecular weight is 313 g/mol. The summed E-state index contributed by atoms with van der Waals surface area (Å²) in [4.78, 5) is 13.9. The predicted octanol–water partition coefficient (Wildman–Crippen LogP) is 2.12. The van der Waals surface area contributed by atoms with E-state index in [9.17, 15) is 10.1 Å². The molecule has 0 atom stereocenters. The van der Waals surface area contributed by atoms with E-state index >= 15 is 0 Å². The highest BCUT2D eigenvalue weighted by Gasteiger charge is 2.22. The molecule has 90 valence electrons. The Morgan fingerprint density at radius 1 is 1.62 bits per heavy atom. The van der Waals surface area contributed by atoms with Crippen LogP contribution >= 0.6 is 27.5 Å². The Hall–Kier alpha value is -0.660. The van der Waals surface area contributed by atoms with Crippen LogP contribution in [0.4, 0.5) is 5.82 Å². The van der Waals surface area contributed by atoms with Crippen molar-refractivity contribution in [3.05, 3.63) is 20.5 Å². The Morgan fingerprint density at radius 3 is 2.81 bits per heavy atom. The van der Waals surface area contributed by atoms with Crippen LogP contribution < -0.4 is 0 Å². The van der Waals surface area contributed by atoms with Crippen LogP contribution in [0.25, 0.3) is 0 Å². The third kappa shape index (κ3) is 3.16. The summed E-state index contributed by atoms with van der Waals surface area (Å²) >= 11 is 8.60. The van der Waals surface area contributed by atoms with Crippen LogP contribution in [0.1, 0.15) is 5.82 Å². The number of hydrogen-bond donors (Lipinski definition) is 0. The van der Waals surface area contributed by atoms with Gasteiger partial charge in [0, 0.05) is 12.8 Å². The molecule has 1 rings (SSSR count). The summed E-state index contributed by atoms with van der Waals surface area (Å²) in [5, 5.41) is 10.6. The van der Waals surface area contributed by atoms with Gasteiger partial charge in [-0.05, 0) is 25.8 Å². The van der Waals surface area contributed by atoms with Crippen molar-refractivity contribution in [2.75, 3.05) is 19.1 Å². The molecule has 0 saturated heterocycles. The van der Waals surface area contributed by atoms with Crippen molar-refractivity contribution in [1.82, 2.24) is 9.55 Å². The molecule has 0 unspecified atom stereocenters. The highest BCUT2D eigenvalue weighted by atomic mass is 79.9. The molecule has 1 aromatic rings. The van der Waals surface area contributed by atoms with Crippen LogP contribution in [-0.2, 0) is 11.3 Å². The Bertz CT molecular complexity index is 383. The van der Waals surface area contributed by atoms with Crippen molar-refractivity contribution in [2.24, 2.45) is 0 Å². The summed E-state index contributed by atoms with van der Waals surface area (Å²) in [7, 11) is 0. The Kier molecular flexibility index (Phi) is 5.17. The second-order valence-electron chi connectivity index (χ2n) is 2.98. The number of alkyl halides is 1. The first-order valence-electron chi connectivity index (χ1n) is 4.58. The van der Waals surface area contributed by atoms with Crippen molar-refractivity contribution < 1.29 is 9.66 Å². The summed E-state index contributed by atoms with van der Waals surface area (Å²) in [5.74, 6) is 0.840. The molecule has 0 fully saturated rings. The van der Waals surface area contributed by atoms with E-state index in [0.29, 0.717) is 36.1 Å². The third-order valence-electron chi connectivity index (χ3n) is 1.93. The number of aryl methyl sites for hydroxylation is 1. The van der Waals surface area contributed by atoms with Crippen LogP contribution in [0, 0.1) is 17.0 Å². The van der Waals surface area contributed by atoms with Gasteiger partial charge < -0.3 is 14.9 Å². The zero-order chi connectivity index (χ0) is 12.1. The lowest BCUT2D eigenvalue weighted by molar-refractivity contribution is -0.390. The SMILES string of the molecule is Cc1nc([N+](=O)[O-])c(Br)n1CCOCCCl. The smallest absolute Gasteiger partial charge is 0.378 e. The molecule has 16 heavy (non-hydrogen) atoms. The molecular formula is C8H11BrClN3O3. The van der Waals surface area contributed by atoms with Crippen molar-refractivity contribution >= 4 is 33.3 Å². The van der Waals surface area contributed by atoms with E-state index in [4.69, 9.17) is 16.3 Å². The molecule has 6 nitrogen and oxygen atoms in total. The van der Waals surface area contributed by atoms with Crippen LogP contribution in [-0.4, -0.2) is 33.6 Å². The zero-order valence-corrected chi connectivity index (χ0v) is 11.0. The number of aromatic nitrogens is 2. The zero-order valence-electron chi connectivity index (χ0n) is 8.65. The number of nitro groups is 1. The number of ether oxygens (including phenoxy) is 1. The van der Waals surface area contributed by atoms with E-state index in [1.807, 2.05) is 0 Å².